The first-order valence-electron chi connectivity index (χ1n) is 8.46. The zero-order valence-corrected chi connectivity index (χ0v) is 14.7. The molecule has 4 nitrogen and oxygen atoms in total. The highest BCUT2D eigenvalue weighted by Crippen LogP contribution is 2.31. The van der Waals surface area contributed by atoms with Crippen LogP contribution in [0.3, 0.4) is 0 Å². The minimum atomic E-state index is 0.0909. The highest BCUT2D eigenvalue weighted by atomic mass is 32.1. The Labute approximate surface area is 153 Å². The van der Waals surface area contributed by atoms with Crippen molar-refractivity contribution in [3.05, 3.63) is 90.0 Å². The molecule has 0 fully saturated rings. The van der Waals surface area contributed by atoms with E-state index in [1.807, 2.05) is 36.7 Å². The molecular formula is C20H20N4S. The molecule has 0 amide bonds. The van der Waals surface area contributed by atoms with Crippen LogP contribution in [0.1, 0.15) is 22.9 Å². The summed E-state index contributed by atoms with van der Waals surface area (Å²) in [6.07, 6.45) is 5.87. The van der Waals surface area contributed by atoms with Crippen LogP contribution >= 0.6 is 12.2 Å². The molecule has 0 saturated carbocycles. The van der Waals surface area contributed by atoms with E-state index >= 15 is 0 Å². The van der Waals surface area contributed by atoms with E-state index in [-0.39, 0.29) is 6.04 Å². The molecule has 1 N–H and O–H groups in total. The highest BCUT2D eigenvalue weighted by Gasteiger charge is 2.30. The zero-order valence-electron chi connectivity index (χ0n) is 13.9. The summed E-state index contributed by atoms with van der Waals surface area (Å²) in [6, 6.07) is 18.8. The van der Waals surface area contributed by atoms with Crippen LogP contribution in [0.25, 0.3) is 0 Å². The van der Waals surface area contributed by atoms with Gasteiger partial charge in [0.1, 0.15) is 0 Å². The van der Waals surface area contributed by atoms with Crippen molar-refractivity contribution >= 4 is 17.3 Å². The third kappa shape index (κ3) is 3.28. The number of nitrogens with one attached hydrogen (secondary N) is 1. The fourth-order valence-corrected chi connectivity index (χ4v) is 3.63. The van der Waals surface area contributed by atoms with Crippen molar-refractivity contribution in [1.29, 1.82) is 0 Å². The molecule has 0 radical (unpaired) electrons. The van der Waals surface area contributed by atoms with Gasteiger partial charge in [0.15, 0.2) is 5.11 Å². The molecule has 25 heavy (non-hydrogen) atoms. The molecule has 1 aromatic carbocycles. The second-order valence-corrected chi connectivity index (χ2v) is 6.54. The van der Waals surface area contributed by atoms with E-state index < -0.39 is 0 Å². The van der Waals surface area contributed by atoms with E-state index in [1.54, 1.807) is 0 Å². The lowest BCUT2D eigenvalue weighted by atomic mass is 10.0. The van der Waals surface area contributed by atoms with Crippen molar-refractivity contribution in [1.82, 2.24) is 19.8 Å². The van der Waals surface area contributed by atoms with Crippen LogP contribution in [0.2, 0.25) is 0 Å². The minimum Gasteiger partial charge on any atom is -0.358 e. The second kappa shape index (κ2) is 7.07. The van der Waals surface area contributed by atoms with Crippen molar-refractivity contribution in [3.8, 4) is 0 Å². The predicted molar refractivity (Wildman–Crippen MR) is 103 cm³/mol. The molecule has 0 spiro atoms. The molecular weight excluding hydrogens is 328 g/mol. The van der Waals surface area contributed by atoms with Crippen LogP contribution in [0, 0.1) is 0 Å². The van der Waals surface area contributed by atoms with Crippen molar-refractivity contribution in [2.75, 3.05) is 6.54 Å². The van der Waals surface area contributed by atoms with Gasteiger partial charge in [-0.3, -0.25) is 4.98 Å². The minimum absolute atomic E-state index is 0.0909. The standard InChI is InChI=1S/C20H20N4S/c25-20(22-14-16-6-2-1-3-7-16)24-13-12-23-11-5-9-18(23)19(24)17-8-4-10-21-15-17/h1-11,15,19H,12-14H2,(H,22,25)/t19-/m0/s1. The van der Waals surface area contributed by atoms with Crippen molar-refractivity contribution in [2.24, 2.45) is 0 Å². The van der Waals surface area contributed by atoms with E-state index in [0.717, 1.165) is 30.3 Å². The average Bonchev–Trinajstić information content (AvgIpc) is 3.15. The summed E-state index contributed by atoms with van der Waals surface area (Å²) >= 11 is 5.74. The van der Waals surface area contributed by atoms with Crippen LogP contribution in [-0.2, 0) is 13.1 Å². The fourth-order valence-electron chi connectivity index (χ4n) is 3.37. The summed E-state index contributed by atoms with van der Waals surface area (Å²) in [5.41, 5.74) is 3.64. The summed E-state index contributed by atoms with van der Waals surface area (Å²) in [6.45, 7) is 2.55. The number of fused-ring (bicyclic) bond motifs is 1. The first-order chi connectivity index (χ1) is 12.3. The number of hydrogen-bond acceptors (Lipinski definition) is 2. The van der Waals surface area contributed by atoms with Gasteiger partial charge in [-0.2, -0.15) is 0 Å². The fraction of sp³-hybridized carbons (Fsp3) is 0.200. The molecule has 0 bridgehead atoms. The number of hydrogen-bond donors (Lipinski definition) is 1. The second-order valence-electron chi connectivity index (χ2n) is 6.15. The largest absolute Gasteiger partial charge is 0.358 e. The smallest absolute Gasteiger partial charge is 0.170 e. The third-order valence-electron chi connectivity index (χ3n) is 4.59. The Morgan fingerprint density at radius 2 is 1.96 bits per heavy atom. The number of thiocarbonyl (C=S) groups is 1. The van der Waals surface area contributed by atoms with Crippen LogP contribution in [0.4, 0.5) is 0 Å². The van der Waals surface area contributed by atoms with Gasteiger partial charge < -0.3 is 14.8 Å². The van der Waals surface area contributed by atoms with Gasteiger partial charge in [0.2, 0.25) is 0 Å². The van der Waals surface area contributed by atoms with Crippen LogP contribution in [-0.4, -0.2) is 26.1 Å². The summed E-state index contributed by atoms with van der Waals surface area (Å²) in [5, 5.41) is 4.20. The van der Waals surface area contributed by atoms with Crippen LogP contribution < -0.4 is 5.32 Å². The van der Waals surface area contributed by atoms with Gasteiger partial charge in [-0.05, 0) is 41.5 Å². The molecule has 0 unspecified atom stereocenters. The van der Waals surface area contributed by atoms with Gasteiger partial charge in [0, 0.05) is 43.9 Å². The SMILES string of the molecule is S=C(NCc1ccccc1)N1CCn2cccc2[C@@H]1c1cccnc1. The number of benzene rings is 1. The van der Waals surface area contributed by atoms with Gasteiger partial charge in [-0.15, -0.1) is 0 Å². The quantitative estimate of drug-likeness (QED) is 0.736. The first kappa shape index (κ1) is 15.8. The molecule has 0 saturated heterocycles. The summed E-state index contributed by atoms with van der Waals surface area (Å²) < 4.78 is 2.30. The Bertz CT molecular complexity index is 844. The van der Waals surface area contributed by atoms with Gasteiger partial charge in [0.05, 0.1) is 6.04 Å². The highest BCUT2D eigenvalue weighted by molar-refractivity contribution is 7.80. The maximum absolute atomic E-state index is 5.74. The van der Waals surface area contributed by atoms with E-state index in [1.165, 1.54) is 11.3 Å². The number of rotatable bonds is 3. The molecule has 1 atom stereocenters. The topological polar surface area (TPSA) is 33.1 Å². The average molecular weight is 348 g/mol. The van der Waals surface area contributed by atoms with E-state index in [4.69, 9.17) is 12.2 Å². The maximum atomic E-state index is 5.74. The number of pyridine rings is 1. The Kier molecular flexibility index (Phi) is 4.48. The Morgan fingerprint density at radius 1 is 1.08 bits per heavy atom. The summed E-state index contributed by atoms with van der Waals surface area (Å²) in [7, 11) is 0. The maximum Gasteiger partial charge on any atom is 0.170 e. The Balaban J connectivity index is 1.58. The summed E-state index contributed by atoms with van der Waals surface area (Å²) in [4.78, 5) is 6.57. The molecule has 126 valence electrons. The monoisotopic (exact) mass is 348 g/mol. The lowest BCUT2D eigenvalue weighted by molar-refractivity contribution is 0.285. The molecule has 3 aromatic rings. The normalized spacial score (nSPS) is 16.3. The summed E-state index contributed by atoms with van der Waals surface area (Å²) in [5.74, 6) is 0. The van der Waals surface area contributed by atoms with Crippen molar-refractivity contribution in [3.63, 3.8) is 0 Å². The molecule has 1 aliphatic rings. The van der Waals surface area contributed by atoms with Crippen LogP contribution in [0.5, 0.6) is 0 Å². The molecule has 4 rings (SSSR count). The van der Waals surface area contributed by atoms with E-state index in [0.29, 0.717) is 0 Å². The van der Waals surface area contributed by atoms with Crippen molar-refractivity contribution in [2.45, 2.75) is 19.1 Å². The Morgan fingerprint density at radius 3 is 2.76 bits per heavy atom. The lowest BCUT2D eigenvalue weighted by Crippen LogP contribution is -2.46. The van der Waals surface area contributed by atoms with Gasteiger partial charge in [-0.25, -0.2) is 0 Å². The molecule has 2 aromatic heterocycles. The number of aromatic nitrogens is 2. The third-order valence-corrected chi connectivity index (χ3v) is 4.96. The molecule has 0 aliphatic carbocycles. The number of nitrogens with zero attached hydrogens (tertiary/aromatic N) is 3. The first-order valence-corrected chi connectivity index (χ1v) is 8.87. The zero-order chi connectivity index (χ0) is 17.1. The molecule has 3 heterocycles. The van der Waals surface area contributed by atoms with Crippen LogP contribution in [0.15, 0.2) is 73.2 Å². The molecule has 5 heteroatoms. The lowest BCUT2D eigenvalue weighted by Gasteiger charge is -2.39. The molecule has 1 aliphatic heterocycles. The van der Waals surface area contributed by atoms with E-state index in [2.05, 4.69) is 56.3 Å². The predicted octanol–water partition coefficient (Wildman–Crippen LogP) is 3.36. The van der Waals surface area contributed by atoms with Crippen molar-refractivity contribution < 1.29 is 0 Å². The van der Waals surface area contributed by atoms with E-state index in [9.17, 15) is 0 Å². The Hall–Kier alpha value is -2.66. The van der Waals surface area contributed by atoms with Gasteiger partial charge in [0.25, 0.3) is 0 Å². The van der Waals surface area contributed by atoms with Gasteiger partial charge >= 0.3 is 0 Å². The van der Waals surface area contributed by atoms with Gasteiger partial charge in [-0.1, -0.05) is 36.4 Å².